The number of rotatable bonds is 4. The maximum absolute atomic E-state index is 12.7. The molecule has 2 aromatic carbocycles. The largest absolute Gasteiger partial charge is 0.293 e. The Kier molecular flexibility index (Phi) is 4.82. The van der Waals surface area contributed by atoms with Gasteiger partial charge in [-0.1, -0.05) is 78.6 Å². The number of hydrogen-bond donors (Lipinski definition) is 0. The molecule has 0 aliphatic carbocycles. The van der Waals surface area contributed by atoms with Crippen LogP contribution in [-0.2, 0) is 11.2 Å². The van der Waals surface area contributed by atoms with Crippen molar-refractivity contribution >= 4 is 51.2 Å². The van der Waals surface area contributed by atoms with Gasteiger partial charge in [0.25, 0.3) is 5.91 Å². The molecule has 0 radical (unpaired) electrons. The second-order valence-electron chi connectivity index (χ2n) is 6.00. The third kappa shape index (κ3) is 3.54. The van der Waals surface area contributed by atoms with Crippen LogP contribution in [0.2, 0.25) is 0 Å². The summed E-state index contributed by atoms with van der Waals surface area (Å²) in [5.41, 5.74) is 2.88. The lowest BCUT2D eigenvalue weighted by Crippen LogP contribution is -2.30. The van der Waals surface area contributed by atoms with E-state index in [1.807, 2.05) is 60.7 Å². The van der Waals surface area contributed by atoms with Crippen LogP contribution in [0.1, 0.15) is 11.3 Å². The summed E-state index contributed by atoms with van der Waals surface area (Å²) in [5.74, 6) is -0.0362. The summed E-state index contributed by atoms with van der Waals surface area (Å²) in [6, 6.07) is 22.0. The molecule has 1 saturated heterocycles. The average molecular weight is 377 g/mol. The van der Waals surface area contributed by atoms with Crippen molar-refractivity contribution in [2.75, 3.05) is 6.54 Å². The zero-order valence-corrected chi connectivity index (χ0v) is 15.6. The van der Waals surface area contributed by atoms with Gasteiger partial charge in [-0.25, -0.2) is 4.98 Å². The highest BCUT2D eigenvalue weighted by Crippen LogP contribution is 2.32. The van der Waals surface area contributed by atoms with Crippen molar-refractivity contribution in [1.82, 2.24) is 9.88 Å². The van der Waals surface area contributed by atoms with Crippen LogP contribution in [-0.4, -0.2) is 26.7 Å². The minimum atomic E-state index is -0.0362. The van der Waals surface area contributed by atoms with Crippen LogP contribution in [0.25, 0.3) is 17.0 Å². The molecule has 1 amide bonds. The van der Waals surface area contributed by atoms with E-state index in [0.717, 1.165) is 23.0 Å². The van der Waals surface area contributed by atoms with Gasteiger partial charge in [0.05, 0.1) is 16.1 Å². The summed E-state index contributed by atoms with van der Waals surface area (Å²) in [6.45, 7) is 0.594. The molecule has 0 atom stereocenters. The fraction of sp³-hybridized carbons (Fsp3) is 0.0952. The number of para-hydroxylation sites is 1. The van der Waals surface area contributed by atoms with Crippen LogP contribution in [0.15, 0.2) is 71.6 Å². The van der Waals surface area contributed by atoms with E-state index in [1.165, 1.54) is 17.3 Å². The van der Waals surface area contributed by atoms with Crippen LogP contribution in [0.4, 0.5) is 0 Å². The molecule has 5 heteroatoms. The first kappa shape index (κ1) is 16.9. The van der Waals surface area contributed by atoms with Crippen molar-refractivity contribution in [2.45, 2.75) is 6.42 Å². The molecule has 0 bridgehead atoms. The summed E-state index contributed by atoms with van der Waals surface area (Å²) in [6.07, 6.45) is 2.61. The van der Waals surface area contributed by atoms with E-state index < -0.39 is 0 Å². The molecule has 128 valence electrons. The van der Waals surface area contributed by atoms with Gasteiger partial charge in [-0.15, -0.1) is 0 Å². The summed E-state index contributed by atoms with van der Waals surface area (Å²) >= 11 is 6.76. The Hall–Kier alpha value is -2.50. The van der Waals surface area contributed by atoms with Gasteiger partial charge < -0.3 is 0 Å². The minimum absolute atomic E-state index is 0.0362. The molecule has 0 unspecified atom stereocenters. The van der Waals surface area contributed by atoms with Crippen molar-refractivity contribution < 1.29 is 4.79 Å². The first-order chi connectivity index (χ1) is 12.7. The Balaban J connectivity index is 1.52. The van der Waals surface area contributed by atoms with Crippen LogP contribution in [0.5, 0.6) is 0 Å². The fourth-order valence-electron chi connectivity index (χ4n) is 2.87. The smallest absolute Gasteiger partial charge is 0.266 e. The number of carbonyl (C=O) groups excluding carboxylic acids is 1. The summed E-state index contributed by atoms with van der Waals surface area (Å²) < 4.78 is 0.609. The molecule has 26 heavy (non-hydrogen) atoms. The maximum atomic E-state index is 12.7. The summed E-state index contributed by atoms with van der Waals surface area (Å²) in [5, 5.41) is 1.08. The number of pyridine rings is 1. The number of hydrogen-bond acceptors (Lipinski definition) is 4. The number of benzene rings is 2. The Bertz CT molecular complexity index is 1010. The highest BCUT2D eigenvalue weighted by atomic mass is 32.2. The standard InChI is InChI=1S/C21H16N2OS2/c24-20-19(14-17-11-10-16-8-4-5-9-18(16)22-17)26-21(25)23(20)13-12-15-6-2-1-3-7-15/h1-11,14H,12-13H2/b19-14-. The number of aromatic nitrogens is 1. The van der Waals surface area contributed by atoms with Crippen molar-refractivity contribution in [3.05, 3.63) is 82.9 Å². The molecule has 0 spiro atoms. The van der Waals surface area contributed by atoms with E-state index in [-0.39, 0.29) is 5.91 Å². The zero-order valence-electron chi connectivity index (χ0n) is 14.0. The van der Waals surface area contributed by atoms with Gasteiger partial charge in [0.15, 0.2) is 0 Å². The minimum Gasteiger partial charge on any atom is -0.293 e. The molecule has 4 rings (SSSR count). The van der Waals surface area contributed by atoms with E-state index in [0.29, 0.717) is 15.8 Å². The van der Waals surface area contributed by atoms with Gasteiger partial charge in [-0.05, 0) is 30.2 Å². The summed E-state index contributed by atoms with van der Waals surface area (Å²) in [7, 11) is 0. The van der Waals surface area contributed by atoms with Crippen molar-refractivity contribution in [2.24, 2.45) is 0 Å². The van der Waals surface area contributed by atoms with E-state index in [2.05, 4.69) is 17.1 Å². The maximum Gasteiger partial charge on any atom is 0.266 e. The van der Waals surface area contributed by atoms with Gasteiger partial charge in [0, 0.05) is 11.9 Å². The molecule has 3 aromatic rings. The number of carbonyl (C=O) groups is 1. The molecule has 1 fully saturated rings. The van der Waals surface area contributed by atoms with Crippen LogP contribution >= 0.6 is 24.0 Å². The number of thiocarbonyl (C=S) groups is 1. The first-order valence-electron chi connectivity index (χ1n) is 8.36. The van der Waals surface area contributed by atoms with Crippen LogP contribution in [0, 0.1) is 0 Å². The van der Waals surface area contributed by atoms with Gasteiger partial charge in [-0.2, -0.15) is 0 Å². The molecular weight excluding hydrogens is 360 g/mol. The molecule has 1 aliphatic heterocycles. The van der Waals surface area contributed by atoms with Crippen molar-refractivity contribution in [1.29, 1.82) is 0 Å². The predicted octanol–water partition coefficient (Wildman–Crippen LogP) is 4.68. The van der Waals surface area contributed by atoms with E-state index in [4.69, 9.17) is 12.2 Å². The lowest BCUT2D eigenvalue weighted by molar-refractivity contribution is -0.122. The van der Waals surface area contributed by atoms with Crippen molar-refractivity contribution in [3.63, 3.8) is 0 Å². The second-order valence-corrected chi connectivity index (χ2v) is 7.67. The molecule has 1 aliphatic rings. The monoisotopic (exact) mass is 376 g/mol. The van der Waals surface area contributed by atoms with E-state index in [1.54, 1.807) is 4.90 Å². The normalized spacial score (nSPS) is 16.0. The second kappa shape index (κ2) is 7.40. The third-order valence-electron chi connectivity index (χ3n) is 4.24. The van der Waals surface area contributed by atoms with Crippen LogP contribution in [0.3, 0.4) is 0 Å². The van der Waals surface area contributed by atoms with Gasteiger partial charge in [-0.3, -0.25) is 9.69 Å². The lowest BCUT2D eigenvalue weighted by Gasteiger charge is -2.14. The quantitative estimate of drug-likeness (QED) is 0.489. The van der Waals surface area contributed by atoms with Crippen molar-refractivity contribution in [3.8, 4) is 0 Å². The zero-order chi connectivity index (χ0) is 17.9. The number of nitrogens with zero attached hydrogens (tertiary/aromatic N) is 2. The van der Waals surface area contributed by atoms with E-state index >= 15 is 0 Å². The highest BCUT2D eigenvalue weighted by molar-refractivity contribution is 8.26. The summed E-state index contributed by atoms with van der Waals surface area (Å²) in [4.78, 5) is 19.7. The molecule has 0 saturated carbocycles. The van der Waals surface area contributed by atoms with Gasteiger partial charge in [0.2, 0.25) is 0 Å². The average Bonchev–Trinajstić information content (AvgIpc) is 2.94. The SMILES string of the molecule is O=C1/C(=C/c2ccc3ccccc3n2)SC(=S)N1CCc1ccccc1. The molecular formula is C21H16N2OS2. The molecule has 2 heterocycles. The lowest BCUT2D eigenvalue weighted by atomic mass is 10.1. The number of thioether (sulfide) groups is 1. The Morgan fingerprint density at radius 2 is 1.77 bits per heavy atom. The molecule has 1 aromatic heterocycles. The van der Waals surface area contributed by atoms with Crippen LogP contribution < -0.4 is 0 Å². The Morgan fingerprint density at radius 3 is 2.62 bits per heavy atom. The van der Waals surface area contributed by atoms with Gasteiger partial charge >= 0.3 is 0 Å². The predicted molar refractivity (Wildman–Crippen MR) is 112 cm³/mol. The molecule has 0 N–H and O–H groups in total. The number of amides is 1. The highest BCUT2D eigenvalue weighted by Gasteiger charge is 2.31. The Morgan fingerprint density at radius 1 is 1.00 bits per heavy atom. The molecule has 3 nitrogen and oxygen atoms in total. The number of fused-ring (bicyclic) bond motifs is 1. The van der Waals surface area contributed by atoms with E-state index in [9.17, 15) is 4.79 Å². The topological polar surface area (TPSA) is 33.2 Å². The van der Waals surface area contributed by atoms with Gasteiger partial charge in [0.1, 0.15) is 4.32 Å². The first-order valence-corrected chi connectivity index (χ1v) is 9.58. The Labute approximate surface area is 161 Å². The third-order valence-corrected chi connectivity index (χ3v) is 5.62. The fourth-order valence-corrected chi connectivity index (χ4v) is 4.17.